The zero-order valence-electron chi connectivity index (χ0n) is 21.9. The molecule has 2 aromatic rings. The second-order valence-corrected chi connectivity index (χ2v) is 14.0. The summed E-state index contributed by atoms with van der Waals surface area (Å²) >= 11 is 9.86. The van der Waals surface area contributed by atoms with E-state index in [4.69, 9.17) is 25.3 Å². The van der Waals surface area contributed by atoms with Crippen LogP contribution in [-0.2, 0) is 21.7 Å². The first-order valence-corrected chi connectivity index (χ1v) is 12.2. The fraction of sp³-hybridized carbons (Fsp3) is 0.571. The van der Waals surface area contributed by atoms with Crippen molar-refractivity contribution in [1.82, 2.24) is 0 Å². The molecule has 0 fully saturated rings. The molecule has 0 aliphatic carbocycles. The van der Waals surface area contributed by atoms with Crippen LogP contribution in [0.25, 0.3) is 11.1 Å². The quantitative estimate of drug-likeness (QED) is 0.313. The highest BCUT2D eigenvalue weighted by Gasteiger charge is 2.34. The van der Waals surface area contributed by atoms with Crippen LogP contribution in [0.4, 0.5) is 0 Å². The molecule has 0 unspecified atom stereocenters. The Labute approximate surface area is 206 Å². The van der Waals surface area contributed by atoms with Gasteiger partial charge in [-0.3, -0.25) is 0 Å². The Morgan fingerprint density at radius 3 is 0.875 bits per heavy atom. The SMILES string of the molecule is CC(C)(C)c1cc(C(C)(C)C)c(S)c(-c2c(O)c(C(C)(C)C)cc(C(C)(C)C)c2S)c1O. The lowest BCUT2D eigenvalue weighted by Gasteiger charge is -2.33. The van der Waals surface area contributed by atoms with E-state index < -0.39 is 0 Å². The summed E-state index contributed by atoms with van der Waals surface area (Å²) in [5.41, 5.74) is 3.88. The molecule has 0 spiro atoms. The van der Waals surface area contributed by atoms with E-state index in [0.717, 1.165) is 22.3 Å². The van der Waals surface area contributed by atoms with Crippen LogP contribution in [0.3, 0.4) is 0 Å². The van der Waals surface area contributed by atoms with Gasteiger partial charge < -0.3 is 10.2 Å². The van der Waals surface area contributed by atoms with E-state index in [1.807, 2.05) is 0 Å². The lowest BCUT2D eigenvalue weighted by atomic mass is 9.75. The zero-order valence-corrected chi connectivity index (χ0v) is 23.7. The van der Waals surface area contributed by atoms with E-state index in [1.54, 1.807) is 0 Å². The lowest BCUT2D eigenvalue weighted by Crippen LogP contribution is -2.20. The van der Waals surface area contributed by atoms with Crippen molar-refractivity contribution in [1.29, 1.82) is 0 Å². The highest BCUT2D eigenvalue weighted by atomic mass is 32.1. The third kappa shape index (κ3) is 4.97. The maximum atomic E-state index is 11.6. The first kappa shape index (κ1) is 27.0. The van der Waals surface area contributed by atoms with Crippen LogP contribution in [0, 0.1) is 0 Å². The first-order valence-electron chi connectivity index (χ1n) is 11.3. The molecule has 178 valence electrons. The molecular weight excluding hydrogens is 432 g/mol. The van der Waals surface area contributed by atoms with Crippen molar-refractivity contribution in [2.24, 2.45) is 0 Å². The molecule has 2 aromatic carbocycles. The Morgan fingerprint density at radius 2 is 0.688 bits per heavy atom. The van der Waals surface area contributed by atoms with Crippen LogP contribution in [0.2, 0.25) is 0 Å². The fourth-order valence-corrected chi connectivity index (χ4v) is 5.32. The molecular formula is C28H42O2S2. The van der Waals surface area contributed by atoms with Gasteiger partial charge in [-0.1, -0.05) is 83.1 Å². The van der Waals surface area contributed by atoms with Crippen LogP contribution >= 0.6 is 25.3 Å². The molecule has 0 aromatic heterocycles. The molecule has 0 aliphatic rings. The molecule has 0 heterocycles. The van der Waals surface area contributed by atoms with Gasteiger partial charge in [0.05, 0.1) is 0 Å². The summed E-state index contributed by atoms with van der Waals surface area (Å²) in [6, 6.07) is 4.13. The van der Waals surface area contributed by atoms with E-state index in [1.165, 1.54) is 0 Å². The highest BCUT2D eigenvalue weighted by Crippen LogP contribution is 2.53. The van der Waals surface area contributed by atoms with Crippen molar-refractivity contribution in [2.75, 3.05) is 0 Å². The smallest absolute Gasteiger partial charge is 0.128 e. The van der Waals surface area contributed by atoms with Gasteiger partial charge in [0.25, 0.3) is 0 Å². The molecule has 2 rings (SSSR count). The standard InChI is InChI=1S/C28H42O2S2/c1-25(2,3)15-13-17(27(7,8)9)23(31)19(21(15)29)20-22(30)16(26(4,5)6)14-18(24(20)32)28(10,11)12/h13-14,29-32H,1-12H3. The number of hydrogen-bond acceptors (Lipinski definition) is 4. The van der Waals surface area contributed by atoms with Crippen LogP contribution < -0.4 is 0 Å². The molecule has 32 heavy (non-hydrogen) atoms. The van der Waals surface area contributed by atoms with E-state index in [-0.39, 0.29) is 33.2 Å². The third-order valence-electron chi connectivity index (χ3n) is 6.03. The Hall–Kier alpha value is -1.26. The molecule has 0 saturated carbocycles. The Morgan fingerprint density at radius 1 is 0.469 bits per heavy atom. The zero-order chi connectivity index (χ0) is 25.2. The molecule has 0 saturated heterocycles. The Kier molecular flexibility index (Phi) is 6.91. The third-order valence-corrected chi connectivity index (χ3v) is 6.96. The van der Waals surface area contributed by atoms with Crippen molar-refractivity contribution in [3.63, 3.8) is 0 Å². The minimum atomic E-state index is -0.290. The largest absolute Gasteiger partial charge is 0.507 e. The first-order chi connectivity index (χ1) is 14.1. The maximum absolute atomic E-state index is 11.6. The predicted molar refractivity (Wildman–Crippen MR) is 145 cm³/mol. The van der Waals surface area contributed by atoms with Gasteiger partial charge in [-0.05, 0) is 44.9 Å². The maximum Gasteiger partial charge on any atom is 0.128 e. The monoisotopic (exact) mass is 474 g/mol. The Balaban J connectivity index is 3.23. The molecule has 0 bridgehead atoms. The van der Waals surface area contributed by atoms with Gasteiger partial charge in [-0.2, -0.15) is 0 Å². The van der Waals surface area contributed by atoms with E-state index >= 15 is 0 Å². The molecule has 2 nitrogen and oxygen atoms in total. The van der Waals surface area contributed by atoms with Crippen molar-refractivity contribution in [3.8, 4) is 22.6 Å². The highest BCUT2D eigenvalue weighted by molar-refractivity contribution is 7.81. The minimum Gasteiger partial charge on any atom is -0.507 e. The van der Waals surface area contributed by atoms with Crippen LogP contribution in [0.15, 0.2) is 21.9 Å². The van der Waals surface area contributed by atoms with Crippen molar-refractivity contribution >= 4 is 25.3 Å². The van der Waals surface area contributed by atoms with Crippen LogP contribution in [0.1, 0.15) is 105 Å². The number of thiol groups is 2. The average Bonchev–Trinajstić information content (AvgIpc) is 2.52. The molecule has 0 atom stereocenters. The molecule has 0 amide bonds. The lowest BCUT2D eigenvalue weighted by molar-refractivity contribution is 0.435. The second kappa shape index (κ2) is 8.20. The summed E-state index contributed by atoms with van der Waals surface area (Å²) in [6.07, 6.45) is 0. The van der Waals surface area contributed by atoms with E-state index in [2.05, 4.69) is 95.2 Å². The fourth-order valence-electron chi connectivity index (χ4n) is 4.09. The van der Waals surface area contributed by atoms with E-state index in [9.17, 15) is 10.2 Å². The Bertz CT molecular complexity index is 876. The van der Waals surface area contributed by atoms with Gasteiger partial charge in [0.1, 0.15) is 11.5 Å². The number of phenolic OH excluding ortho intramolecular Hbond substituents is 2. The van der Waals surface area contributed by atoms with Gasteiger partial charge in [0.15, 0.2) is 0 Å². The van der Waals surface area contributed by atoms with Gasteiger partial charge in [-0.25, -0.2) is 0 Å². The van der Waals surface area contributed by atoms with Crippen LogP contribution in [0.5, 0.6) is 11.5 Å². The number of hydrogen-bond donors (Lipinski definition) is 4. The minimum absolute atomic E-state index is 0.159. The summed E-state index contributed by atoms with van der Waals surface area (Å²) < 4.78 is 0. The van der Waals surface area contributed by atoms with Crippen LogP contribution in [-0.4, -0.2) is 10.2 Å². The number of aromatic hydroxyl groups is 2. The molecule has 0 radical (unpaired) electrons. The molecule has 2 N–H and O–H groups in total. The average molecular weight is 475 g/mol. The summed E-state index contributed by atoms with van der Waals surface area (Å²) in [5.74, 6) is 0.319. The van der Waals surface area contributed by atoms with Crippen molar-refractivity contribution in [2.45, 2.75) is 115 Å². The molecule has 0 aliphatic heterocycles. The van der Waals surface area contributed by atoms with Gasteiger partial charge >= 0.3 is 0 Å². The summed E-state index contributed by atoms with van der Waals surface area (Å²) in [4.78, 5) is 1.36. The molecule has 4 heteroatoms. The number of rotatable bonds is 1. The van der Waals surface area contributed by atoms with E-state index in [0.29, 0.717) is 20.9 Å². The van der Waals surface area contributed by atoms with Gasteiger partial charge in [0.2, 0.25) is 0 Å². The number of phenols is 2. The summed E-state index contributed by atoms with van der Waals surface area (Å²) in [6.45, 7) is 25.4. The number of benzene rings is 2. The van der Waals surface area contributed by atoms with Crippen molar-refractivity contribution < 1.29 is 10.2 Å². The second-order valence-electron chi connectivity index (χ2n) is 13.1. The van der Waals surface area contributed by atoms with Gasteiger partial charge in [0, 0.05) is 32.0 Å². The van der Waals surface area contributed by atoms with Gasteiger partial charge in [-0.15, -0.1) is 25.3 Å². The topological polar surface area (TPSA) is 40.5 Å². The van der Waals surface area contributed by atoms with Crippen molar-refractivity contribution in [3.05, 3.63) is 34.4 Å². The normalized spacial score (nSPS) is 13.6. The summed E-state index contributed by atoms with van der Waals surface area (Å²) in [5, 5.41) is 23.2. The predicted octanol–water partition coefficient (Wildman–Crippen LogP) is 8.53. The summed E-state index contributed by atoms with van der Waals surface area (Å²) in [7, 11) is 0.